The third kappa shape index (κ3) is 8.30. The van der Waals surface area contributed by atoms with E-state index >= 15 is 0 Å². The Kier molecular flexibility index (Phi) is 11.8. The van der Waals surface area contributed by atoms with Crippen molar-refractivity contribution in [2.75, 3.05) is 79.3 Å². The summed E-state index contributed by atoms with van der Waals surface area (Å²) in [7, 11) is 0. The lowest BCUT2D eigenvalue weighted by Gasteiger charge is -2.44. The van der Waals surface area contributed by atoms with Crippen molar-refractivity contribution in [3.05, 3.63) is 0 Å². The van der Waals surface area contributed by atoms with Crippen molar-refractivity contribution in [2.45, 2.75) is 26.7 Å². The van der Waals surface area contributed by atoms with Crippen LogP contribution in [-0.2, 0) is 23.7 Å². The highest BCUT2D eigenvalue weighted by molar-refractivity contribution is 4.87. The van der Waals surface area contributed by atoms with Crippen LogP contribution in [0.1, 0.15) is 26.7 Å². The molecule has 2 fully saturated rings. The molecule has 7 nitrogen and oxygen atoms in total. The molecule has 0 saturated carbocycles. The molecule has 0 bridgehead atoms. The zero-order valence-electron chi connectivity index (χ0n) is 15.8. The van der Waals surface area contributed by atoms with Crippen molar-refractivity contribution >= 4 is 0 Å². The fourth-order valence-electron chi connectivity index (χ4n) is 2.50. The van der Waals surface area contributed by atoms with Gasteiger partial charge in [-0.25, -0.2) is 0 Å². The summed E-state index contributed by atoms with van der Waals surface area (Å²) in [5, 5.41) is 16.5. The molecule has 0 amide bonds. The monoisotopic (exact) mass is 364 g/mol. The van der Waals surface area contributed by atoms with Gasteiger partial charge >= 0.3 is 0 Å². The molecule has 150 valence electrons. The molecule has 0 aromatic rings. The van der Waals surface area contributed by atoms with Crippen LogP contribution in [0.15, 0.2) is 0 Å². The van der Waals surface area contributed by atoms with E-state index in [9.17, 15) is 0 Å². The number of ether oxygens (including phenoxy) is 5. The van der Waals surface area contributed by atoms with Crippen molar-refractivity contribution in [1.29, 1.82) is 0 Å². The Balaban J connectivity index is 0.000000275. The van der Waals surface area contributed by atoms with E-state index in [1.807, 2.05) is 0 Å². The molecule has 2 aliphatic heterocycles. The van der Waals surface area contributed by atoms with Gasteiger partial charge in [-0.15, -0.1) is 0 Å². The molecular weight excluding hydrogens is 328 g/mol. The molecular formula is C18H36O7. The Morgan fingerprint density at radius 1 is 0.680 bits per heavy atom. The van der Waals surface area contributed by atoms with Gasteiger partial charge in [0.1, 0.15) is 0 Å². The molecule has 0 aromatic heterocycles. The van der Waals surface area contributed by atoms with Crippen LogP contribution in [0.5, 0.6) is 0 Å². The first-order valence-corrected chi connectivity index (χ1v) is 9.26. The third-order valence-corrected chi connectivity index (χ3v) is 4.79. The van der Waals surface area contributed by atoms with Crippen molar-refractivity contribution in [2.24, 2.45) is 10.8 Å². The second kappa shape index (κ2) is 13.0. The average Bonchev–Trinajstić information content (AvgIpc) is 2.56. The zero-order chi connectivity index (χ0) is 18.4. The minimum absolute atomic E-state index is 0.0417. The number of rotatable bonds is 13. The maximum Gasteiger partial charge on any atom is 0.0701 e. The Hall–Kier alpha value is -0.280. The first-order valence-electron chi connectivity index (χ1n) is 9.26. The van der Waals surface area contributed by atoms with Crippen LogP contribution in [-0.4, -0.2) is 89.5 Å². The van der Waals surface area contributed by atoms with E-state index < -0.39 is 0 Å². The van der Waals surface area contributed by atoms with Crippen molar-refractivity contribution in [3.63, 3.8) is 0 Å². The molecule has 2 N–H and O–H groups in total. The molecule has 0 unspecified atom stereocenters. The Morgan fingerprint density at radius 2 is 1.08 bits per heavy atom. The highest BCUT2D eigenvalue weighted by atomic mass is 16.5. The van der Waals surface area contributed by atoms with Gasteiger partial charge in [0.05, 0.1) is 79.3 Å². The summed E-state index contributed by atoms with van der Waals surface area (Å²) < 4.78 is 26.2. The summed E-state index contributed by atoms with van der Waals surface area (Å²) in [4.78, 5) is 0. The van der Waals surface area contributed by atoms with Crippen molar-refractivity contribution in [1.82, 2.24) is 0 Å². The predicted molar refractivity (Wildman–Crippen MR) is 93.7 cm³/mol. The number of hydrogen-bond acceptors (Lipinski definition) is 7. The fraction of sp³-hybridized carbons (Fsp3) is 1.00. The van der Waals surface area contributed by atoms with Crippen LogP contribution in [0.3, 0.4) is 0 Å². The van der Waals surface area contributed by atoms with Gasteiger partial charge in [-0.3, -0.25) is 0 Å². The minimum Gasteiger partial charge on any atom is -0.394 e. The predicted octanol–water partition coefficient (Wildman–Crippen LogP) is 0.860. The Morgan fingerprint density at radius 3 is 1.32 bits per heavy atom. The quantitative estimate of drug-likeness (QED) is 0.469. The standard InChI is InChI=1S/C12H22O3.C6H14O4/c1-3-11(5-13-6-11)9-15-10-12(4-2)7-14-8-12;7-1-3-9-5-6-10-4-2-8/h3-10H2,1-2H3;7-8H,1-6H2. The van der Waals surface area contributed by atoms with Gasteiger partial charge in [-0.05, 0) is 12.8 Å². The molecule has 2 rings (SSSR count). The van der Waals surface area contributed by atoms with Crippen LogP contribution in [0.4, 0.5) is 0 Å². The second-order valence-corrected chi connectivity index (χ2v) is 6.86. The van der Waals surface area contributed by atoms with Gasteiger partial charge in [0, 0.05) is 10.8 Å². The molecule has 0 spiro atoms. The first-order chi connectivity index (χ1) is 12.2. The van der Waals surface area contributed by atoms with E-state index in [2.05, 4.69) is 13.8 Å². The minimum atomic E-state index is 0.0417. The summed E-state index contributed by atoms with van der Waals surface area (Å²) >= 11 is 0. The normalized spacial score (nSPS) is 20.2. The fourth-order valence-corrected chi connectivity index (χ4v) is 2.50. The molecule has 7 heteroatoms. The average molecular weight is 364 g/mol. The number of hydrogen-bond donors (Lipinski definition) is 2. The van der Waals surface area contributed by atoms with E-state index in [1.54, 1.807) is 0 Å². The van der Waals surface area contributed by atoms with Crippen molar-refractivity contribution < 1.29 is 33.9 Å². The molecule has 0 aromatic carbocycles. The Labute approximate surface area is 151 Å². The maximum atomic E-state index is 8.26. The summed E-state index contributed by atoms with van der Waals surface area (Å²) in [6.07, 6.45) is 2.31. The maximum absolute atomic E-state index is 8.26. The van der Waals surface area contributed by atoms with Crippen LogP contribution in [0, 0.1) is 10.8 Å². The van der Waals surface area contributed by atoms with Crippen LogP contribution in [0.2, 0.25) is 0 Å². The zero-order valence-corrected chi connectivity index (χ0v) is 15.8. The van der Waals surface area contributed by atoms with Crippen LogP contribution in [0.25, 0.3) is 0 Å². The molecule has 0 radical (unpaired) electrons. The van der Waals surface area contributed by atoms with E-state index in [1.165, 1.54) is 0 Å². The van der Waals surface area contributed by atoms with Crippen LogP contribution >= 0.6 is 0 Å². The molecule has 2 heterocycles. The van der Waals surface area contributed by atoms with Gasteiger partial charge in [-0.2, -0.15) is 0 Å². The van der Waals surface area contributed by atoms with Gasteiger partial charge < -0.3 is 33.9 Å². The Bertz CT molecular complexity index is 276. The topological polar surface area (TPSA) is 86.6 Å². The van der Waals surface area contributed by atoms with E-state index in [4.69, 9.17) is 33.9 Å². The largest absolute Gasteiger partial charge is 0.394 e. The highest BCUT2D eigenvalue weighted by Crippen LogP contribution is 2.35. The van der Waals surface area contributed by atoms with Gasteiger partial charge in [0.25, 0.3) is 0 Å². The lowest BCUT2D eigenvalue weighted by molar-refractivity contribution is -0.187. The van der Waals surface area contributed by atoms with Gasteiger partial charge in [-0.1, -0.05) is 13.8 Å². The first kappa shape index (κ1) is 22.8. The number of aliphatic hydroxyl groups excluding tert-OH is 2. The SMILES string of the molecule is CCC1(COCC2(CC)COC2)COC1.OCCOCCOCCO. The molecule has 2 saturated heterocycles. The lowest BCUT2D eigenvalue weighted by atomic mass is 9.83. The molecule has 0 aliphatic carbocycles. The van der Waals surface area contributed by atoms with E-state index in [-0.39, 0.29) is 13.2 Å². The third-order valence-electron chi connectivity index (χ3n) is 4.79. The smallest absolute Gasteiger partial charge is 0.0701 e. The van der Waals surface area contributed by atoms with E-state index in [0.717, 1.165) is 52.5 Å². The summed E-state index contributed by atoms with van der Waals surface area (Å²) in [6.45, 7) is 11.4. The second-order valence-electron chi connectivity index (χ2n) is 6.86. The van der Waals surface area contributed by atoms with Crippen molar-refractivity contribution in [3.8, 4) is 0 Å². The summed E-state index contributed by atoms with van der Waals surface area (Å²) in [5.41, 5.74) is 0.638. The highest BCUT2D eigenvalue weighted by Gasteiger charge is 2.40. The van der Waals surface area contributed by atoms with Crippen LogP contribution < -0.4 is 0 Å². The van der Waals surface area contributed by atoms with Gasteiger partial charge in [0.15, 0.2) is 0 Å². The molecule has 0 atom stereocenters. The summed E-state index contributed by atoms with van der Waals surface area (Å²) in [5.74, 6) is 0. The summed E-state index contributed by atoms with van der Waals surface area (Å²) in [6, 6.07) is 0. The number of aliphatic hydroxyl groups is 2. The van der Waals surface area contributed by atoms with E-state index in [0.29, 0.717) is 37.3 Å². The molecule has 2 aliphatic rings. The van der Waals surface area contributed by atoms with Gasteiger partial charge in [0.2, 0.25) is 0 Å². The lowest BCUT2D eigenvalue weighted by Crippen LogP contribution is -2.49. The molecule has 25 heavy (non-hydrogen) atoms.